The largest absolute Gasteiger partial charge is 0.387 e. The molecule has 0 saturated carbocycles. The minimum Gasteiger partial charge on any atom is -0.387 e. The highest BCUT2D eigenvalue weighted by Gasteiger charge is 2.25. The third kappa shape index (κ3) is 4.92. The molecule has 0 aliphatic carbocycles. The zero-order valence-corrected chi connectivity index (χ0v) is 23.4. The molecule has 1 unspecified atom stereocenters. The molecule has 8 heteroatoms. The molecule has 3 aromatic heterocycles. The maximum atomic E-state index is 15.2. The molecule has 1 aromatic carbocycles. The number of hydrogen-bond acceptors (Lipinski definition) is 5. The van der Waals surface area contributed by atoms with Gasteiger partial charge in [-0.2, -0.15) is 0 Å². The number of carbonyl (C=O) groups excluding carboxylic acids is 1. The van der Waals surface area contributed by atoms with Crippen molar-refractivity contribution in [1.82, 2.24) is 24.3 Å². The Morgan fingerprint density at radius 1 is 1.15 bits per heavy atom. The zero-order chi connectivity index (χ0) is 27.8. The number of nitrogens with zero attached hydrogens (tertiary/aromatic N) is 5. The molecular formula is C31H35FN6O. The summed E-state index contributed by atoms with van der Waals surface area (Å²) in [4.78, 5) is 25.5. The van der Waals surface area contributed by atoms with Crippen LogP contribution in [0.4, 0.5) is 10.1 Å². The second kappa shape index (κ2) is 10.6. The summed E-state index contributed by atoms with van der Waals surface area (Å²) >= 11 is 0. The number of benzene rings is 1. The van der Waals surface area contributed by atoms with E-state index < -0.39 is 0 Å². The summed E-state index contributed by atoms with van der Waals surface area (Å²) in [6.07, 6.45) is 6.53. The molecule has 5 rings (SSSR count). The Hall–Kier alpha value is -4.04. The fraction of sp³-hybridized carbons (Fsp3) is 0.323. The first-order valence-electron chi connectivity index (χ1n) is 13.2. The minimum absolute atomic E-state index is 0.139. The Balaban J connectivity index is 1.40. The van der Waals surface area contributed by atoms with Crippen LogP contribution in [0.15, 0.2) is 54.9 Å². The van der Waals surface area contributed by atoms with Gasteiger partial charge in [-0.3, -0.25) is 14.7 Å². The molecule has 39 heavy (non-hydrogen) atoms. The van der Waals surface area contributed by atoms with Crippen molar-refractivity contribution in [3.63, 3.8) is 0 Å². The third-order valence-electron chi connectivity index (χ3n) is 7.77. The first-order valence-corrected chi connectivity index (χ1v) is 13.2. The van der Waals surface area contributed by atoms with Gasteiger partial charge in [0.25, 0.3) is 5.91 Å². The number of pyridine rings is 2. The molecule has 0 radical (unpaired) electrons. The van der Waals surface area contributed by atoms with Crippen molar-refractivity contribution in [2.75, 3.05) is 39.5 Å². The predicted octanol–water partition coefficient (Wildman–Crippen LogP) is 5.68. The average Bonchev–Trinajstić information content (AvgIpc) is 3.28. The summed E-state index contributed by atoms with van der Waals surface area (Å²) in [6.45, 7) is 5.60. The number of rotatable bonds is 6. The molecule has 7 nitrogen and oxygen atoms in total. The summed E-state index contributed by atoms with van der Waals surface area (Å²) in [6, 6.07) is 11.6. The number of hydrogen-bond donors (Lipinski definition) is 1. The Labute approximate surface area is 229 Å². The highest BCUT2D eigenvalue weighted by Crippen LogP contribution is 2.35. The summed E-state index contributed by atoms with van der Waals surface area (Å²) in [7, 11) is 7.29. The van der Waals surface area contributed by atoms with Gasteiger partial charge in [0.2, 0.25) is 0 Å². The monoisotopic (exact) mass is 526 g/mol. The SMILES string of the molecule is CNc1ccc(-c2ccnc3c2cc(C(C)N2CC=C(c4c(C)cc(C(=O)N(C)C)cc4F)CC2)n3C)nc1. The van der Waals surface area contributed by atoms with Gasteiger partial charge in [0.05, 0.1) is 17.6 Å². The van der Waals surface area contributed by atoms with E-state index in [9.17, 15) is 4.79 Å². The van der Waals surface area contributed by atoms with Crippen molar-refractivity contribution in [3.8, 4) is 11.3 Å². The normalized spacial score (nSPS) is 14.8. The third-order valence-corrected chi connectivity index (χ3v) is 7.77. The second-order valence-corrected chi connectivity index (χ2v) is 10.4. The standard InChI is InChI=1S/C31H35FN6O/c1-19-15-22(31(39)36(4)5)16-26(32)29(19)21-10-13-38(14-11-21)20(2)28-17-25-24(9-12-34-30(25)37(28)6)27-8-7-23(33-3)18-35-27/h7-10,12,15-18,20,33H,11,13-14H2,1-6H3. The molecule has 4 aromatic rings. The van der Waals surface area contributed by atoms with Crippen LogP contribution in [0, 0.1) is 12.7 Å². The molecule has 0 saturated heterocycles. The molecule has 1 amide bonds. The van der Waals surface area contributed by atoms with E-state index in [1.165, 1.54) is 16.7 Å². The van der Waals surface area contributed by atoms with Crippen molar-refractivity contribution < 1.29 is 9.18 Å². The predicted molar refractivity (Wildman–Crippen MR) is 155 cm³/mol. The summed E-state index contributed by atoms with van der Waals surface area (Å²) < 4.78 is 17.3. The van der Waals surface area contributed by atoms with Crippen LogP contribution in [0.3, 0.4) is 0 Å². The molecule has 0 fully saturated rings. The highest BCUT2D eigenvalue weighted by atomic mass is 19.1. The lowest BCUT2D eigenvalue weighted by Crippen LogP contribution is -2.32. The zero-order valence-electron chi connectivity index (χ0n) is 23.4. The average molecular weight is 527 g/mol. The Bertz CT molecular complexity index is 1550. The van der Waals surface area contributed by atoms with Crippen LogP contribution in [0.5, 0.6) is 0 Å². The van der Waals surface area contributed by atoms with E-state index >= 15 is 4.39 Å². The van der Waals surface area contributed by atoms with Crippen LogP contribution in [-0.4, -0.2) is 64.5 Å². The number of amides is 1. The van der Waals surface area contributed by atoms with Crippen molar-refractivity contribution in [3.05, 3.63) is 83.1 Å². The number of aromatic nitrogens is 3. The van der Waals surface area contributed by atoms with Gasteiger partial charge in [0.15, 0.2) is 0 Å². The first kappa shape index (κ1) is 26.6. The fourth-order valence-corrected chi connectivity index (χ4v) is 5.55. The number of carbonyl (C=O) groups is 1. The van der Waals surface area contributed by atoms with Crippen molar-refractivity contribution in [2.45, 2.75) is 26.3 Å². The number of halogens is 1. The van der Waals surface area contributed by atoms with Gasteiger partial charge in [0.1, 0.15) is 11.5 Å². The maximum absolute atomic E-state index is 15.2. The van der Waals surface area contributed by atoms with Crippen LogP contribution in [-0.2, 0) is 7.05 Å². The van der Waals surface area contributed by atoms with Gasteiger partial charge in [-0.25, -0.2) is 9.37 Å². The lowest BCUT2D eigenvalue weighted by Gasteiger charge is -2.32. The highest BCUT2D eigenvalue weighted by molar-refractivity contribution is 5.95. The molecule has 202 valence electrons. The molecule has 1 N–H and O–H groups in total. The minimum atomic E-state index is -0.336. The van der Waals surface area contributed by atoms with E-state index in [2.05, 4.69) is 50.9 Å². The maximum Gasteiger partial charge on any atom is 0.253 e. The molecule has 1 aliphatic rings. The number of fused-ring (bicyclic) bond motifs is 1. The van der Waals surface area contributed by atoms with Gasteiger partial charge in [-0.15, -0.1) is 0 Å². The van der Waals surface area contributed by atoms with Crippen molar-refractivity contribution in [2.24, 2.45) is 7.05 Å². The lowest BCUT2D eigenvalue weighted by molar-refractivity contribution is 0.0827. The van der Waals surface area contributed by atoms with Gasteiger partial charge in [-0.1, -0.05) is 6.08 Å². The van der Waals surface area contributed by atoms with Crippen LogP contribution in [0.1, 0.15) is 46.6 Å². The smallest absolute Gasteiger partial charge is 0.253 e. The van der Waals surface area contributed by atoms with Gasteiger partial charge >= 0.3 is 0 Å². The summed E-state index contributed by atoms with van der Waals surface area (Å²) in [5.41, 5.74) is 7.81. The number of nitrogens with one attached hydrogen (secondary N) is 1. The summed E-state index contributed by atoms with van der Waals surface area (Å²) in [5.74, 6) is -0.531. The first-order chi connectivity index (χ1) is 18.7. The Morgan fingerprint density at radius 3 is 2.56 bits per heavy atom. The molecule has 1 atom stereocenters. The molecular weight excluding hydrogens is 491 g/mol. The molecule has 0 bridgehead atoms. The van der Waals surface area contributed by atoms with Crippen LogP contribution < -0.4 is 5.32 Å². The van der Waals surface area contributed by atoms with E-state index in [0.717, 1.165) is 52.1 Å². The number of anilines is 1. The fourth-order valence-electron chi connectivity index (χ4n) is 5.55. The van der Waals surface area contributed by atoms with E-state index in [0.29, 0.717) is 17.7 Å². The topological polar surface area (TPSA) is 66.3 Å². The van der Waals surface area contributed by atoms with Gasteiger partial charge in [-0.05, 0) is 67.8 Å². The molecule has 4 heterocycles. The molecule has 1 aliphatic heterocycles. The lowest BCUT2D eigenvalue weighted by atomic mass is 9.92. The van der Waals surface area contributed by atoms with Gasteiger partial charge < -0.3 is 14.8 Å². The van der Waals surface area contributed by atoms with E-state index in [-0.39, 0.29) is 17.8 Å². The van der Waals surface area contributed by atoms with E-state index in [1.54, 1.807) is 20.2 Å². The Morgan fingerprint density at radius 2 is 1.95 bits per heavy atom. The van der Waals surface area contributed by atoms with Crippen molar-refractivity contribution >= 4 is 28.2 Å². The van der Waals surface area contributed by atoms with Crippen LogP contribution >= 0.6 is 0 Å². The van der Waals surface area contributed by atoms with E-state index in [4.69, 9.17) is 0 Å². The Kier molecular flexibility index (Phi) is 7.23. The van der Waals surface area contributed by atoms with Crippen LogP contribution in [0.2, 0.25) is 0 Å². The second-order valence-electron chi connectivity index (χ2n) is 10.4. The summed E-state index contributed by atoms with van der Waals surface area (Å²) in [5, 5.41) is 4.19. The van der Waals surface area contributed by atoms with Gasteiger partial charge in [0, 0.05) is 81.3 Å². The van der Waals surface area contributed by atoms with Crippen molar-refractivity contribution in [1.29, 1.82) is 0 Å². The molecule has 0 spiro atoms. The number of aryl methyl sites for hydroxylation is 2. The van der Waals surface area contributed by atoms with E-state index in [1.807, 2.05) is 44.6 Å². The quantitative estimate of drug-likeness (QED) is 0.350. The van der Waals surface area contributed by atoms with Crippen LogP contribution in [0.25, 0.3) is 27.9 Å².